The zero-order chi connectivity index (χ0) is 16.4. The summed E-state index contributed by atoms with van der Waals surface area (Å²) >= 11 is 3.26. The molecule has 1 aromatic rings. The fourth-order valence-corrected chi connectivity index (χ4v) is 3.92. The van der Waals surface area contributed by atoms with Crippen molar-refractivity contribution in [3.05, 3.63) is 27.7 Å². The number of rotatable bonds is 5. The molecule has 0 saturated heterocycles. The van der Waals surface area contributed by atoms with E-state index in [1.54, 1.807) is 13.0 Å². The Morgan fingerprint density at radius 3 is 2.43 bits per heavy atom. The third-order valence-corrected chi connectivity index (χ3v) is 5.42. The van der Waals surface area contributed by atoms with E-state index in [1.807, 2.05) is 20.8 Å². The maximum Gasteiger partial charge on any atom is 0.261 e. The van der Waals surface area contributed by atoms with Crippen LogP contribution in [0.15, 0.2) is 21.5 Å². The van der Waals surface area contributed by atoms with Gasteiger partial charge in [0.1, 0.15) is 0 Å². The Bertz CT molecular complexity index is 656. The van der Waals surface area contributed by atoms with Crippen LogP contribution in [0.3, 0.4) is 0 Å². The number of carbonyl (C=O) groups excluding carboxylic acids is 1. The maximum absolute atomic E-state index is 12.3. The van der Waals surface area contributed by atoms with Gasteiger partial charge in [0.15, 0.2) is 0 Å². The van der Waals surface area contributed by atoms with Crippen LogP contribution >= 0.6 is 26.6 Å². The molecule has 118 valence electrons. The highest BCUT2D eigenvalue weighted by molar-refractivity contribution is 9.10. The lowest BCUT2D eigenvalue weighted by atomic mass is 9.98. The maximum atomic E-state index is 12.3. The smallest absolute Gasteiger partial charge is 0.261 e. The molecular formula is C14H19BrClNO3S. The lowest BCUT2D eigenvalue weighted by Crippen LogP contribution is -2.43. The normalized spacial score (nSPS) is 12.3. The van der Waals surface area contributed by atoms with E-state index in [0.29, 0.717) is 10.0 Å². The molecule has 0 aromatic heterocycles. The summed E-state index contributed by atoms with van der Waals surface area (Å²) in [4.78, 5) is 12.2. The molecule has 0 heterocycles. The molecule has 0 aliphatic rings. The van der Waals surface area contributed by atoms with Crippen LogP contribution in [0.5, 0.6) is 0 Å². The van der Waals surface area contributed by atoms with Crippen molar-refractivity contribution < 1.29 is 13.2 Å². The van der Waals surface area contributed by atoms with Gasteiger partial charge in [-0.15, -0.1) is 0 Å². The molecule has 0 aliphatic heterocycles. The Morgan fingerprint density at radius 2 is 1.95 bits per heavy atom. The third-order valence-electron chi connectivity index (χ3n) is 3.15. The highest BCUT2D eigenvalue weighted by Crippen LogP contribution is 2.28. The summed E-state index contributed by atoms with van der Waals surface area (Å²) in [6.45, 7) is 7.52. The summed E-state index contributed by atoms with van der Waals surface area (Å²) in [5, 5.41) is 2.90. The molecule has 0 radical (unpaired) electrons. The first-order valence-electron chi connectivity index (χ1n) is 6.55. The van der Waals surface area contributed by atoms with Crippen LogP contribution in [-0.2, 0) is 9.05 Å². The predicted octanol–water partition coefficient (Wildman–Crippen LogP) is 3.99. The first-order chi connectivity index (χ1) is 9.48. The van der Waals surface area contributed by atoms with Crippen LogP contribution in [-0.4, -0.2) is 19.9 Å². The van der Waals surface area contributed by atoms with E-state index >= 15 is 0 Å². The van der Waals surface area contributed by atoms with Crippen molar-refractivity contribution in [2.45, 2.75) is 51.0 Å². The van der Waals surface area contributed by atoms with E-state index in [4.69, 9.17) is 10.7 Å². The second-order valence-corrected chi connectivity index (χ2v) is 9.00. The van der Waals surface area contributed by atoms with Crippen molar-refractivity contribution in [2.24, 2.45) is 0 Å². The average molecular weight is 397 g/mol. The molecule has 0 saturated carbocycles. The van der Waals surface area contributed by atoms with Gasteiger partial charge in [-0.05, 0) is 44.9 Å². The topological polar surface area (TPSA) is 63.2 Å². The summed E-state index contributed by atoms with van der Waals surface area (Å²) < 4.78 is 23.7. The SMILES string of the molecule is CCCC(C)(C)NC(=O)c1cc(Br)c(C)c(S(=O)(=O)Cl)c1. The van der Waals surface area contributed by atoms with Gasteiger partial charge in [-0.25, -0.2) is 8.42 Å². The Hall–Kier alpha value is -0.590. The first kappa shape index (κ1) is 18.5. The standard InChI is InChI=1S/C14H19BrClNO3S/c1-5-6-14(3,4)17-13(18)10-7-11(15)9(2)12(8-10)21(16,19)20/h7-8H,5-6H2,1-4H3,(H,17,18). The van der Waals surface area contributed by atoms with Crippen LogP contribution in [0.1, 0.15) is 49.5 Å². The second kappa shape index (κ2) is 6.67. The zero-order valence-corrected chi connectivity index (χ0v) is 15.6. The van der Waals surface area contributed by atoms with Gasteiger partial charge in [0.25, 0.3) is 15.0 Å². The molecule has 0 spiro atoms. The van der Waals surface area contributed by atoms with Crippen molar-refractivity contribution in [2.75, 3.05) is 0 Å². The van der Waals surface area contributed by atoms with Gasteiger partial charge in [0, 0.05) is 26.3 Å². The van der Waals surface area contributed by atoms with Gasteiger partial charge >= 0.3 is 0 Å². The molecule has 0 fully saturated rings. The number of nitrogens with one attached hydrogen (secondary N) is 1. The van der Waals surface area contributed by atoms with Crippen molar-refractivity contribution in [1.29, 1.82) is 0 Å². The lowest BCUT2D eigenvalue weighted by molar-refractivity contribution is 0.0908. The Labute approximate surface area is 138 Å². The van der Waals surface area contributed by atoms with Crippen molar-refractivity contribution in [3.63, 3.8) is 0 Å². The number of amides is 1. The molecule has 7 heteroatoms. The summed E-state index contributed by atoms with van der Waals surface area (Å²) in [5.74, 6) is -0.323. The van der Waals surface area contributed by atoms with Gasteiger partial charge in [-0.2, -0.15) is 0 Å². The summed E-state index contributed by atoms with van der Waals surface area (Å²) in [6.07, 6.45) is 1.76. The predicted molar refractivity (Wildman–Crippen MR) is 88.4 cm³/mol. The average Bonchev–Trinajstić information content (AvgIpc) is 2.29. The van der Waals surface area contributed by atoms with E-state index in [1.165, 1.54) is 6.07 Å². The Morgan fingerprint density at radius 1 is 1.38 bits per heavy atom. The molecule has 0 bridgehead atoms. The minimum absolute atomic E-state index is 0.0583. The van der Waals surface area contributed by atoms with E-state index < -0.39 is 9.05 Å². The highest BCUT2D eigenvalue weighted by atomic mass is 79.9. The van der Waals surface area contributed by atoms with Crippen LogP contribution in [0, 0.1) is 6.92 Å². The van der Waals surface area contributed by atoms with Crippen LogP contribution < -0.4 is 5.32 Å². The highest BCUT2D eigenvalue weighted by Gasteiger charge is 2.23. The van der Waals surface area contributed by atoms with Gasteiger partial charge in [0.2, 0.25) is 0 Å². The number of halogens is 2. The second-order valence-electron chi connectivity index (χ2n) is 5.61. The third kappa shape index (κ3) is 4.97. The van der Waals surface area contributed by atoms with Gasteiger partial charge in [0.05, 0.1) is 4.90 Å². The van der Waals surface area contributed by atoms with E-state index in [9.17, 15) is 13.2 Å². The minimum atomic E-state index is -3.90. The first-order valence-corrected chi connectivity index (χ1v) is 9.65. The molecule has 1 rings (SSSR count). The monoisotopic (exact) mass is 395 g/mol. The molecule has 1 N–H and O–H groups in total. The van der Waals surface area contributed by atoms with Crippen LogP contribution in [0.4, 0.5) is 0 Å². The minimum Gasteiger partial charge on any atom is -0.347 e. The molecule has 21 heavy (non-hydrogen) atoms. The van der Waals surface area contributed by atoms with E-state index in [-0.39, 0.29) is 21.9 Å². The van der Waals surface area contributed by atoms with E-state index in [0.717, 1.165) is 12.8 Å². The molecule has 0 aliphatic carbocycles. The zero-order valence-electron chi connectivity index (χ0n) is 12.5. The van der Waals surface area contributed by atoms with Crippen molar-refractivity contribution in [3.8, 4) is 0 Å². The van der Waals surface area contributed by atoms with Gasteiger partial charge in [-0.1, -0.05) is 29.3 Å². The molecule has 0 unspecified atom stereocenters. The summed E-state index contributed by atoms with van der Waals surface area (Å²) in [6, 6.07) is 2.90. The molecule has 1 aromatic carbocycles. The fourth-order valence-electron chi connectivity index (χ4n) is 2.10. The summed E-state index contributed by atoms with van der Waals surface area (Å²) in [7, 11) is 1.51. The lowest BCUT2D eigenvalue weighted by Gasteiger charge is -2.26. The molecular weight excluding hydrogens is 378 g/mol. The largest absolute Gasteiger partial charge is 0.347 e. The van der Waals surface area contributed by atoms with E-state index in [2.05, 4.69) is 21.2 Å². The molecule has 1 amide bonds. The molecule has 0 atom stereocenters. The Kier molecular flexibility index (Phi) is 5.86. The quantitative estimate of drug-likeness (QED) is 0.765. The fraction of sp³-hybridized carbons (Fsp3) is 0.500. The number of benzene rings is 1. The number of hydrogen-bond donors (Lipinski definition) is 1. The van der Waals surface area contributed by atoms with Crippen LogP contribution in [0.2, 0.25) is 0 Å². The van der Waals surface area contributed by atoms with Gasteiger partial charge in [-0.3, -0.25) is 4.79 Å². The number of carbonyl (C=O) groups is 1. The molecule has 4 nitrogen and oxygen atoms in total. The van der Waals surface area contributed by atoms with Crippen molar-refractivity contribution >= 4 is 41.6 Å². The summed E-state index contributed by atoms with van der Waals surface area (Å²) in [5.41, 5.74) is 0.383. The van der Waals surface area contributed by atoms with Gasteiger partial charge < -0.3 is 5.32 Å². The Balaban J connectivity index is 3.21. The number of hydrogen-bond acceptors (Lipinski definition) is 3. The van der Waals surface area contributed by atoms with Crippen molar-refractivity contribution in [1.82, 2.24) is 5.32 Å². The van der Waals surface area contributed by atoms with Crippen LogP contribution in [0.25, 0.3) is 0 Å².